The highest BCUT2D eigenvalue weighted by Crippen LogP contribution is 2.15. The maximum absolute atomic E-state index is 12.5. The first kappa shape index (κ1) is 18.9. The van der Waals surface area contributed by atoms with Crippen molar-refractivity contribution in [2.45, 2.75) is 38.8 Å². The second-order valence-corrected chi connectivity index (χ2v) is 6.39. The maximum Gasteiger partial charge on any atom is 0.239 e. The van der Waals surface area contributed by atoms with Gasteiger partial charge in [-0.15, -0.1) is 0 Å². The molecule has 5 nitrogen and oxygen atoms in total. The minimum absolute atomic E-state index is 0.0358. The van der Waals surface area contributed by atoms with Crippen molar-refractivity contribution in [1.82, 2.24) is 9.80 Å². The van der Waals surface area contributed by atoms with Gasteiger partial charge < -0.3 is 20.3 Å². The van der Waals surface area contributed by atoms with E-state index in [0.717, 1.165) is 44.8 Å². The molecule has 5 heteroatoms. The number of carbonyl (C=O) groups is 1. The molecule has 2 atom stereocenters. The van der Waals surface area contributed by atoms with E-state index in [4.69, 9.17) is 10.5 Å². The van der Waals surface area contributed by atoms with E-state index in [1.807, 2.05) is 35.2 Å². The quantitative estimate of drug-likeness (QED) is 0.744. The zero-order chi connectivity index (χ0) is 17.4. The molecule has 24 heavy (non-hydrogen) atoms. The number of nitrogens with zero attached hydrogens (tertiary/aromatic N) is 2. The van der Waals surface area contributed by atoms with Crippen LogP contribution < -0.4 is 5.73 Å². The van der Waals surface area contributed by atoms with Gasteiger partial charge in [0.25, 0.3) is 0 Å². The van der Waals surface area contributed by atoms with Gasteiger partial charge in [0.05, 0.1) is 18.8 Å². The van der Waals surface area contributed by atoms with Gasteiger partial charge in [0.15, 0.2) is 0 Å². The van der Waals surface area contributed by atoms with Gasteiger partial charge in [0.2, 0.25) is 5.91 Å². The van der Waals surface area contributed by atoms with Gasteiger partial charge in [-0.25, -0.2) is 0 Å². The van der Waals surface area contributed by atoms with Crippen molar-refractivity contribution < 1.29 is 9.53 Å². The van der Waals surface area contributed by atoms with Gasteiger partial charge in [-0.3, -0.25) is 4.79 Å². The summed E-state index contributed by atoms with van der Waals surface area (Å²) in [5, 5.41) is 0. The monoisotopic (exact) mass is 333 g/mol. The van der Waals surface area contributed by atoms with Gasteiger partial charge >= 0.3 is 0 Å². The van der Waals surface area contributed by atoms with Crippen LogP contribution in [0.3, 0.4) is 0 Å². The number of likely N-dealkylation sites (N-methyl/N-ethyl adjacent to an activating group) is 1. The van der Waals surface area contributed by atoms with Crippen LogP contribution in [0, 0.1) is 0 Å². The fourth-order valence-electron chi connectivity index (χ4n) is 3.14. The third-order valence-electron chi connectivity index (χ3n) is 4.73. The largest absolute Gasteiger partial charge is 0.375 e. The second kappa shape index (κ2) is 9.77. The topological polar surface area (TPSA) is 58.8 Å². The number of nitrogens with two attached hydrogens (primary N) is 1. The average molecular weight is 333 g/mol. The van der Waals surface area contributed by atoms with Gasteiger partial charge in [-0.1, -0.05) is 44.2 Å². The normalized spacial score (nSPS) is 19.0. The first-order valence-electron chi connectivity index (χ1n) is 9.06. The molecule has 1 aliphatic heterocycles. The number of benzene rings is 1. The molecule has 0 spiro atoms. The van der Waals surface area contributed by atoms with Crippen LogP contribution in [0.25, 0.3) is 0 Å². The molecule has 0 aromatic heterocycles. The fraction of sp³-hybridized carbons (Fsp3) is 0.632. The van der Waals surface area contributed by atoms with Crippen LogP contribution in [0.15, 0.2) is 30.3 Å². The minimum Gasteiger partial charge on any atom is -0.375 e. The van der Waals surface area contributed by atoms with Crippen molar-refractivity contribution in [3.05, 3.63) is 35.9 Å². The molecule has 1 saturated heterocycles. The number of hydrogen-bond donors (Lipinski definition) is 1. The molecule has 1 fully saturated rings. The van der Waals surface area contributed by atoms with Crippen LogP contribution in [0.1, 0.15) is 25.8 Å². The molecule has 2 rings (SSSR count). The number of amides is 1. The Morgan fingerprint density at radius 3 is 2.71 bits per heavy atom. The summed E-state index contributed by atoms with van der Waals surface area (Å²) < 4.78 is 5.94. The Morgan fingerprint density at radius 2 is 2.04 bits per heavy atom. The lowest BCUT2D eigenvalue weighted by Gasteiger charge is -2.22. The van der Waals surface area contributed by atoms with E-state index in [9.17, 15) is 4.79 Å². The molecule has 0 saturated carbocycles. The SMILES string of the molecule is CCN(CC)CCOC1CCN(C(=O)C(N)Cc2ccccc2)C1. The lowest BCUT2D eigenvalue weighted by molar-refractivity contribution is -0.132. The van der Waals surface area contributed by atoms with E-state index >= 15 is 0 Å². The standard InChI is InChI=1S/C19H31N3O2/c1-3-21(4-2)12-13-24-17-10-11-22(15-17)19(23)18(20)14-16-8-6-5-7-9-16/h5-9,17-18H,3-4,10-15,20H2,1-2H3. The van der Waals surface area contributed by atoms with Crippen molar-refractivity contribution in [2.75, 3.05) is 39.3 Å². The number of carbonyl (C=O) groups excluding carboxylic acids is 1. The van der Waals surface area contributed by atoms with Gasteiger partial charge in [-0.2, -0.15) is 0 Å². The molecular weight excluding hydrogens is 302 g/mol. The van der Waals surface area contributed by atoms with Crippen molar-refractivity contribution in [1.29, 1.82) is 0 Å². The summed E-state index contributed by atoms with van der Waals surface area (Å²) in [5.41, 5.74) is 7.21. The number of likely N-dealkylation sites (tertiary alicyclic amines) is 1. The van der Waals surface area contributed by atoms with Gasteiger partial charge in [0, 0.05) is 19.6 Å². The van der Waals surface area contributed by atoms with E-state index in [1.165, 1.54) is 0 Å². The lowest BCUT2D eigenvalue weighted by atomic mass is 10.1. The molecular formula is C19H31N3O2. The minimum atomic E-state index is -0.471. The van der Waals surface area contributed by atoms with Crippen molar-refractivity contribution in [2.24, 2.45) is 5.73 Å². The summed E-state index contributed by atoms with van der Waals surface area (Å²) in [6.45, 7) is 9.50. The summed E-state index contributed by atoms with van der Waals surface area (Å²) in [7, 11) is 0. The third-order valence-corrected chi connectivity index (χ3v) is 4.73. The smallest absolute Gasteiger partial charge is 0.239 e. The number of ether oxygens (including phenoxy) is 1. The maximum atomic E-state index is 12.5. The molecule has 134 valence electrons. The second-order valence-electron chi connectivity index (χ2n) is 6.39. The molecule has 2 N–H and O–H groups in total. The molecule has 1 aliphatic rings. The Kier molecular flexibility index (Phi) is 7.69. The van der Waals surface area contributed by atoms with Crippen LogP contribution in [0.4, 0.5) is 0 Å². The van der Waals surface area contributed by atoms with Crippen molar-refractivity contribution in [3.63, 3.8) is 0 Å². The highest BCUT2D eigenvalue weighted by Gasteiger charge is 2.29. The highest BCUT2D eigenvalue weighted by molar-refractivity contribution is 5.82. The van der Waals surface area contributed by atoms with E-state index in [0.29, 0.717) is 13.0 Å². The molecule has 1 aromatic rings. The Balaban J connectivity index is 1.72. The molecule has 2 unspecified atom stereocenters. The van der Waals surface area contributed by atoms with E-state index < -0.39 is 6.04 Å². The first-order chi connectivity index (χ1) is 11.6. The molecule has 1 aromatic carbocycles. The third kappa shape index (κ3) is 5.58. The van der Waals surface area contributed by atoms with Gasteiger partial charge in [-0.05, 0) is 31.5 Å². The zero-order valence-corrected chi connectivity index (χ0v) is 15.0. The van der Waals surface area contributed by atoms with Crippen LogP contribution in [-0.2, 0) is 16.0 Å². The predicted octanol–water partition coefficient (Wildman–Crippen LogP) is 1.52. The molecule has 1 amide bonds. The van der Waals surface area contributed by atoms with E-state index in [2.05, 4.69) is 18.7 Å². The van der Waals surface area contributed by atoms with Crippen LogP contribution in [-0.4, -0.2) is 67.2 Å². The van der Waals surface area contributed by atoms with E-state index in [-0.39, 0.29) is 12.0 Å². The Morgan fingerprint density at radius 1 is 1.33 bits per heavy atom. The Labute approximate surface area is 145 Å². The number of hydrogen-bond acceptors (Lipinski definition) is 4. The van der Waals surface area contributed by atoms with Crippen LogP contribution in [0.2, 0.25) is 0 Å². The Bertz CT molecular complexity index is 491. The lowest BCUT2D eigenvalue weighted by Crippen LogP contribution is -2.44. The summed E-state index contributed by atoms with van der Waals surface area (Å²) in [5.74, 6) is 0.0358. The van der Waals surface area contributed by atoms with Crippen LogP contribution >= 0.6 is 0 Å². The van der Waals surface area contributed by atoms with Crippen LogP contribution in [0.5, 0.6) is 0 Å². The van der Waals surface area contributed by atoms with Crippen molar-refractivity contribution in [3.8, 4) is 0 Å². The summed E-state index contributed by atoms with van der Waals surface area (Å²) in [6, 6.07) is 9.47. The van der Waals surface area contributed by atoms with Crippen molar-refractivity contribution >= 4 is 5.91 Å². The molecule has 0 bridgehead atoms. The summed E-state index contributed by atoms with van der Waals surface area (Å²) in [4.78, 5) is 16.7. The summed E-state index contributed by atoms with van der Waals surface area (Å²) in [6.07, 6.45) is 1.64. The zero-order valence-electron chi connectivity index (χ0n) is 15.0. The molecule has 0 radical (unpaired) electrons. The highest BCUT2D eigenvalue weighted by atomic mass is 16.5. The molecule has 1 heterocycles. The Hall–Kier alpha value is -1.43. The summed E-state index contributed by atoms with van der Waals surface area (Å²) >= 11 is 0. The first-order valence-corrected chi connectivity index (χ1v) is 9.06. The number of rotatable bonds is 9. The average Bonchev–Trinajstić information content (AvgIpc) is 3.07. The van der Waals surface area contributed by atoms with E-state index in [1.54, 1.807) is 0 Å². The molecule has 0 aliphatic carbocycles. The fourth-order valence-corrected chi connectivity index (χ4v) is 3.14. The van der Waals surface area contributed by atoms with Gasteiger partial charge in [0.1, 0.15) is 0 Å². The predicted molar refractivity (Wildman–Crippen MR) is 96.8 cm³/mol.